The van der Waals surface area contributed by atoms with Crippen molar-refractivity contribution in [3.05, 3.63) is 78.4 Å². The average molecular weight is 321 g/mol. The first-order valence-electron chi connectivity index (χ1n) is 7.44. The Labute approximate surface area is 135 Å². The van der Waals surface area contributed by atoms with Gasteiger partial charge in [0.25, 0.3) is 10.0 Å². The summed E-state index contributed by atoms with van der Waals surface area (Å²) in [6, 6.07) is 21.0. The van der Waals surface area contributed by atoms with Gasteiger partial charge in [-0.05, 0) is 23.1 Å². The van der Waals surface area contributed by atoms with E-state index in [1.165, 1.54) is 4.31 Å². The van der Waals surface area contributed by atoms with E-state index in [-0.39, 0.29) is 0 Å². The molecule has 0 bridgehead atoms. The summed E-state index contributed by atoms with van der Waals surface area (Å²) in [6.45, 7) is 0.324. The molecule has 23 heavy (non-hydrogen) atoms. The lowest BCUT2D eigenvalue weighted by atomic mass is 10.1. The molecule has 3 nitrogen and oxygen atoms in total. The van der Waals surface area contributed by atoms with Crippen LogP contribution in [0.25, 0.3) is 16.8 Å². The van der Waals surface area contributed by atoms with Gasteiger partial charge in [-0.1, -0.05) is 66.7 Å². The molecule has 114 valence electrons. The minimum atomic E-state index is -3.47. The van der Waals surface area contributed by atoms with E-state index >= 15 is 0 Å². The summed E-state index contributed by atoms with van der Waals surface area (Å²) in [5.41, 5.74) is 1.82. The van der Waals surface area contributed by atoms with E-state index in [0.717, 1.165) is 22.0 Å². The fourth-order valence-corrected chi connectivity index (χ4v) is 4.67. The van der Waals surface area contributed by atoms with Gasteiger partial charge in [-0.15, -0.1) is 0 Å². The van der Waals surface area contributed by atoms with E-state index in [4.69, 9.17) is 0 Å². The normalized spacial score (nSPS) is 15.6. The largest absolute Gasteiger partial charge is 0.265 e. The molecule has 3 aromatic rings. The second-order valence-electron chi connectivity index (χ2n) is 5.48. The molecular formula is C19H15NO2S. The van der Waals surface area contributed by atoms with E-state index in [1.807, 2.05) is 66.7 Å². The highest BCUT2D eigenvalue weighted by molar-refractivity contribution is 7.93. The Morgan fingerprint density at radius 2 is 1.61 bits per heavy atom. The van der Waals surface area contributed by atoms with Crippen LogP contribution in [-0.4, -0.2) is 15.0 Å². The number of sulfonamides is 1. The summed E-state index contributed by atoms with van der Waals surface area (Å²) in [7, 11) is -3.47. The van der Waals surface area contributed by atoms with Gasteiger partial charge in [0.2, 0.25) is 0 Å². The molecule has 0 fully saturated rings. The van der Waals surface area contributed by atoms with Crippen LogP contribution in [0.5, 0.6) is 0 Å². The molecule has 4 heteroatoms. The third-order valence-electron chi connectivity index (χ3n) is 4.06. The smallest absolute Gasteiger partial charge is 0.262 e. The predicted octanol–water partition coefficient (Wildman–Crippen LogP) is 4.06. The molecule has 4 rings (SSSR count). The summed E-state index contributed by atoms with van der Waals surface area (Å²) in [5, 5.41) is 1.78. The standard InChI is InChI=1S/C19H15NO2S/c21-23(22)18-13-5-11-16-10-4-12-17(19(16)18)20(23)14-6-9-15-7-2-1-3-8-15/h1-13H,14H2/b9-6+. The first-order valence-corrected chi connectivity index (χ1v) is 8.88. The van der Waals surface area contributed by atoms with Gasteiger partial charge in [0.15, 0.2) is 0 Å². The second kappa shape index (κ2) is 5.25. The van der Waals surface area contributed by atoms with Crippen LogP contribution in [0.1, 0.15) is 5.56 Å². The molecule has 0 atom stereocenters. The summed E-state index contributed by atoms with van der Waals surface area (Å²) in [4.78, 5) is 0.402. The molecule has 0 saturated heterocycles. The fraction of sp³-hybridized carbons (Fsp3) is 0.0526. The van der Waals surface area contributed by atoms with Crippen molar-refractivity contribution >= 4 is 32.6 Å². The molecule has 0 N–H and O–H groups in total. The molecule has 0 saturated carbocycles. The van der Waals surface area contributed by atoms with Crippen molar-refractivity contribution in [3.63, 3.8) is 0 Å². The Bertz CT molecular complexity index is 1000. The molecular weight excluding hydrogens is 306 g/mol. The van der Waals surface area contributed by atoms with E-state index in [9.17, 15) is 8.42 Å². The monoisotopic (exact) mass is 321 g/mol. The van der Waals surface area contributed by atoms with E-state index < -0.39 is 10.0 Å². The molecule has 0 unspecified atom stereocenters. The van der Waals surface area contributed by atoms with E-state index in [0.29, 0.717) is 11.4 Å². The maximum atomic E-state index is 12.8. The summed E-state index contributed by atoms with van der Waals surface area (Å²) >= 11 is 0. The zero-order chi connectivity index (χ0) is 15.9. The topological polar surface area (TPSA) is 37.4 Å². The zero-order valence-corrected chi connectivity index (χ0v) is 13.2. The first-order chi connectivity index (χ1) is 11.2. The average Bonchev–Trinajstić information content (AvgIpc) is 2.79. The van der Waals surface area contributed by atoms with Crippen LogP contribution < -0.4 is 4.31 Å². The molecule has 1 aliphatic rings. The molecule has 0 radical (unpaired) electrons. The summed E-state index contributed by atoms with van der Waals surface area (Å²) in [5.74, 6) is 0. The molecule has 1 heterocycles. The van der Waals surface area contributed by atoms with E-state index in [2.05, 4.69) is 0 Å². The van der Waals surface area contributed by atoms with Crippen LogP contribution in [0.15, 0.2) is 77.7 Å². The van der Waals surface area contributed by atoms with Gasteiger partial charge in [-0.25, -0.2) is 8.42 Å². The van der Waals surface area contributed by atoms with Crippen LogP contribution in [0.3, 0.4) is 0 Å². The highest BCUT2D eigenvalue weighted by Crippen LogP contribution is 2.41. The molecule has 0 aromatic heterocycles. The van der Waals surface area contributed by atoms with Gasteiger partial charge < -0.3 is 0 Å². The van der Waals surface area contributed by atoms with Crippen molar-refractivity contribution in [1.29, 1.82) is 0 Å². The number of anilines is 1. The first kappa shape index (κ1) is 14.0. The highest BCUT2D eigenvalue weighted by Gasteiger charge is 2.34. The molecule has 0 aliphatic carbocycles. The molecule has 0 spiro atoms. The van der Waals surface area contributed by atoms with Crippen molar-refractivity contribution in [2.24, 2.45) is 0 Å². The number of rotatable bonds is 3. The van der Waals surface area contributed by atoms with Crippen LogP contribution >= 0.6 is 0 Å². The number of nitrogens with zero attached hydrogens (tertiary/aromatic N) is 1. The van der Waals surface area contributed by atoms with E-state index in [1.54, 1.807) is 12.1 Å². The van der Waals surface area contributed by atoms with Gasteiger partial charge >= 0.3 is 0 Å². The van der Waals surface area contributed by atoms with Gasteiger partial charge in [0, 0.05) is 5.39 Å². The Balaban J connectivity index is 1.73. The molecule has 1 aliphatic heterocycles. The van der Waals surface area contributed by atoms with Crippen molar-refractivity contribution < 1.29 is 8.42 Å². The van der Waals surface area contributed by atoms with Gasteiger partial charge in [0.1, 0.15) is 0 Å². The van der Waals surface area contributed by atoms with Crippen LogP contribution in [0.4, 0.5) is 5.69 Å². The zero-order valence-electron chi connectivity index (χ0n) is 12.4. The molecule has 0 amide bonds. The van der Waals surface area contributed by atoms with Gasteiger partial charge in [-0.2, -0.15) is 0 Å². The van der Waals surface area contributed by atoms with Crippen LogP contribution in [0, 0.1) is 0 Å². The Hall–Kier alpha value is -2.59. The van der Waals surface area contributed by atoms with Crippen molar-refractivity contribution in [2.45, 2.75) is 4.90 Å². The third-order valence-corrected chi connectivity index (χ3v) is 5.88. The highest BCUT2D eigenvalue weighted by atomic mass is 32.2. The Morgan fingerprint density at radius 3 is 2.39 bits per heavy atom. The van der Waals surface area contributed by atoms with Crippen molar-refractivity contribution in [1.82, 2.24) is 0 Å². The molecule has 3 aromatic carbocycles. The lowest BCUT2D eigenvalue weighted by Gasteiger charge is -2.16. The van der Waals surface area contributed by atoms with Crippen LogP contribution in [-0.2, 0) is 10.0 Å². The maximum absolute atomic E-state index is 12.8. The Morgan fingerprint density at radius 1 is 0.870 bits per heavy atom. The number of hydrogen-bond acceptors (Lipinski definition) is 2. The Kier molecular flexibility index (Phi) is 3.20. The summed E-state index contributed by atoms with van der Waals surface area (Å²) in [6.07, 6.45) is 3.83. The minimum absolute atomic E-state index is 0.324. The van der Waals surface area contributed by atoms with Crippen molar-refractivity contribution in [2.75, 3.05) is 10.8 Å². The quantitative estimate of drug-likeness (QED) is 0.729. The number of hydrogen-bond donors (Lipinski definition) is 0. The van der Waals surface area contributed by atoms with Crippen molar-refractivity contribution in [3.8, 4) is 0 Å². The minimum Gasteiger partial charge on any atom is -0.262 e. The third kappa shape index (κ3) is 2.23. The van der Waals surface area contributed by atoms with Crippen LogP contribution in [0.2, 0.25) is 0 Å². The maximum Gasteiger partial charge on any atom is 0.265 e. The van der Waals surface area contributed by atoms with Gasteiger partial charge in [0.05, 0.1) is 17.1 Å². The fourth-order valence-electron chi connectivity index (χ4n) is 3.00. The predicted molar refractivity (Wildman–Crippen MR) is 94.0 cm³/mol. The lowest BCUT2D eigenvalue weighted by Crippen LogP contribution is -2.27. The van der Waals surface area contributed by atoms with Gasteiger partial charge in [-0.3, -0.25) is 4.31 Å². The number of benzene rings is 3. The summed E-state index contributed by atoms with van der Waals surface area (Å²) < 4.78 is 27.1. The SMILES string of the molecule is O=S1(=O)c2cccc3cccc(c23)N1C/C=C/c1ccccc1. The second-order valence-corrected chi connectivity index (χ2v) is 7.31. The lowest BCUT2D eigenvalue weighted by molar-refractivity contribution is 0.595.